The van der Waals surface area contributed by atoms with Crippen LogP contribution in [0.1, 0.15) is 41.5 Å². The Morgan fingerprint density at radius 3 is 0.900 bits per heavy atom. The average Bonchev–Trinajstić information content (AvgIpc) is 1.14. The molecule has 0 fully saturated rings. The van der Waals surface area contributed by atoms with E-state index in [1.807, 2.05) is 0 Å². The first-order valence-electron chi connectivity index (χ1n) is 3.58. The highest BCUT2D eigenvalue weighted by atomic mass is 27.1. The molecule has 0 saturated heterocycles. The summed E-state index contributed by atoms with van der Waals surface area (Å²) in [5.41, 5.74) is 0. The van der Waals surface area contributed by atoms with Crippen molar-refractivity contribution in [1.29, 1.82) is 0 Å². The van der Waals surface area contributed by atoms with Gasteiger partial charge < -0.3 is 5.48 Å². The quantitative estimate of drug-likeness (QED) is 0.486. The first-order chi connectivity index (χ1) is 3.71. The maximum absolute atomic E-state index is 2.33. The lowest BCUT2D eigenvalue weighted by Gasteiger charge is -2.26. The van der Waals surface area contributed by atoms with Crippen LogP contribution in [0.4, 0.5) is 0 Å². The van der Waals surface area contributed by atoms with Crippen molar-refractivity contribution >= 4 is 15.2 Å². The molecule has 0 heterocycles. The summed E-state index contributed by atoms with van der Waals surface area (Å²) >= 11 is 0.569. The SMILES string of the molecule is C[C](C)(C)[Al][C](C)(C)C.O. The van der Waals surface area contributed by atoms with E-state index in [2.05, 4.69) is 41.5 Å². The number of rotatable bonds is 0. The maximum Gasteiger partial charge on any atom is 0.218 e. The monoisotopic (exact) mass is 159 g/mol. The van der Waals surface area contributed by atoms with Crippen LogP contribution in [0, 0.1) is 0 Å². The Kier molecular flexibility index (Phi) is 4.93. The Hall–Kier alpha value is 0.492. The van der Waals surface area contributed by atoms with Crippen LogP contribution in [0.3, 0.4) is 0 Å². The minimum Gasteiger partial charge on any atom is -0.412 e. The highest BCUT2D eigenvalue weighted by Crippen LogP contribution is 2.33. The fraction of sp³-hybridized carbons (Fsp3) is 1.00. The summed E-state index contributed by atoms with van der Waals surface area (Å²) in [4.78, 5) is 0. The molecular weight excluding hydrogens is 139 g/mol. The third-order valence-electron chi connectivity index (χ3n) is 0.866. The van der Waals surface area contributed by atoms with Crippen molar-refractivity contribution in [2.45, 2.75) is 50.1 Å². The second kappa shape index (κ2) is 3.76. The second-order valence-corrected chi connectivity index (χ2v) is 8.63. The highest BCUT2D eigenvalue weighted by molar-refractivity contribution is 6.43. The Balaban J connectivity index is 0. The molecule has 0 aromatic carbocycles. The molecule has 2 N–H and O–H groups in total. The van der Waals surface area contributed by atoms with E-state index in [0.29, 0.717) is 23.8 Å². The second-order valence-electron chi connectivity index (χ2n) is 4.88. The number of hydrogen-bond acceptors (Lipinski definition) is 0. The molecule has 0 aromatic heterocycles. The fourth-order valence-electron chi connectivity index (χ4n) is 1.30. The van der Waals surface area contributed by atoms with Crippen molar-refractivity contribution in [1.82, 2.24) is 0 Å². The molecule has 0 amide bonds. The molecule has 10 heavy (non-hydrogen) atoms. The smallest absolute Gasteiger partial charge is 0.218 e. The van der Waals surface area contributed by atoms with E-state index in [9.17, 15) is 0 Å². The van der Waals surface area contributed by atoms with Crippen LogP contribution < -0.4 is 0 Å². The van der Waals surface area contributed by atoms with Gasteiger partial charge in [0.1, 0.15) is 0 Å². The molecule has 0 spiro atoms. The Bertz CT molecular complexity index is 74.4. The van der Waals surface area contributed by atoms with Gasteiger partial charge in [-0.3, -0.25) is 0 Å². The van der Waals surface area contributed by atoms with E-state index in [0.717, 1.165) is 0 Å². The summed E-state index contributed by atoms with van der Waals surface area (Å²) in [6.07, 6.45) is 0. The van der Waals surface area contributed by atoms with Gasteiger partial charge in [-0.2, -0.15) is 0 Å². The normalized spacial score (nSPS) is 12.2. The first-order valence-corrected chi connectivity index (χ1v) is 4.73. The molecule has 0 aliphatic heterocycles. The average molecular weight is 159 g/mol. The van der Waals surface area contributed by atoms with Gasteiger partial charge in [0.25, 0.3) is 0 Å². The van der Waals surface area contributed by atoms with Crippen molar-refractivity contribution in [3.63, 3.8) is 0 Å². The van der Waals surface area contributed by atoms with Crippen molar-refractivity contribution in [2.24, 2.45) is 0 Å². The molecular formula is C8H20AlO. The zero-order chi connectivity index (χ0) is 7.71. The van der Waals surface area contributed by atoms with E-state index in [-0.39, 0.29) is 5.48 Å². The molecule has 0 aliphatic carbocycles. The van der Waals surface area contributed by atoms with Gasteiger partial charge in [-0.15, -0.1) is 0 Å². The molecule has 0 aromatic rings. The van der Waals surface area contributed by atoms with Gasteiger partial charge >= 0.3 is 0 Å². The predicted molar refractivity (Wildman–Crippen MR) is 48.8 cm³/mol. The summed E-state index contributed by atoms with van der Waals surface area (Å²) in [7, 11) is 0. The lowest BCUT2D eigenvalue weighted by Crippen LogP contribution is -2.18. The molecule has 1 radical (unpaired) electrons. The maximum atomic E-state index is 2.33. The van der Waals surface area contributed by atoms with Gasteiger partial charge in [-0.1, -0.05) is 50.1 Å². The van der Waals surface area contributed by atoms with Crippen molar-refractivity contribution in [2.75, 3.05) is 0 Å². The van der Waals surface area contributed by atoms with Gasteiger partial charge in [0.2, 0.25) is 15.2 Å². The van der Waals surface area contributed by atoms with Crippen LogP contribution in [0.5, 0.6) is 0 Å². The van der Waals surface area contributed by atoms with Crippen molar-refractivity contribution in [3.05, 3.63) is 0 Å². The first kappa shape index (κ1) is 13.1. The summed E-state index contributed by atoms with van der Waals surface area (Å²) < 4.78 is 1.14. The predicted octanol–water partition coefficient (Wildman–Crippen LogP) is 2.30. The van der Waals surface area contributed by atoms with Gasteiger partial charge in [0, 0.05) is 0 Å². The molecule has 0 saturated carbocycles. The minimum atomic E-state index is 0. The fourth-order valence-corrected chi connectivity index (χ4v) is 3.90. The summed E-state index contributed by atoms with van der Waals surface area (Å²) in [6.45, 7) is 14.0. The van der Waals surface area contributed by atoms with Crippen LogP contribution in [0.15, 0.2) is 0 Å². The molecule has 0 unspecified atom stereocenters. The highest BCUT2D eigenvalue weighted by Gasteiger charge is 2.22. The summed E-state index contributed by atoms with van der Waals surface area (Å²) in [5.74, 6) is 0. The minimum absolute atomic E-state index is 0. The van der Waals surface area contributed by atoms with E-state index in [1.54, 1.807) is 0 Å². The molecule has 2 heteroatoms. The van der Waals surface area contributed by atoms with Crippen LogP contribution in [-0.4, -0.2) is 20.7 Å². The molecule has 0 rings (SSSR count). The Morgan fingerprint density at radius 1 is 0.700 bits per heavy atom. The third kappa shape index (κ3) is 11.3. The van der Waals surface area contributed by atoms with Crippen LogP contribution in [0.25, 0.3) is 0 Å². The van der Waals surface area contributed by atoms with E-state index >= 15 is 0 Å². The Morgan fingerprint density at radius 2 is 0.900 bits per heavy atom. The topological polar surface area (TPSA) is 31.5 Å². The van der Waals surface area contributed by atoms with Crippen molar-refractivity contribution in [3.8, 4) is 0 Å². The zero-order valence-corrected chi connectivity index (χ0v) is 9.23. The van der Waals surface area contributed by atoms with E-state index < -0.39 is 0 Å². The molecule has 0 atom stereocenters. The third-order valence-corrected chi connectivity index (χ3v) is 2.60. The summed E-state index contributed by atoms with van der Waals surface area (Å²) in [5, 5.41) is 0. The van der Waals surface area contributed by atoms with Gasteiger partial charge in [-0.25, -0.2) is 0 Å². The molecule has 0 aliphatic rings. The Labute approximate surface area is 71.2 Å². The standard InChI is InChI=1S/2C4H9.Al.H2O/c2*1-4(2)3;;/h2*1-3H3;;1H2. The van der Waals surface area contributed by atoms with Gasteiger partial charge in [-0.05, 0) is 0 Å². The van der Waals surface area contributed by atoms with Crippen LogP contribution in [0.2, 0.25) is 8.55 Å². The largest absolute Gasteiger partial charge is 0.412 e. The lowest BCUT2D eigenvalue weighted by molar-refractivity contribution is 0.668. The molecule has 0 bridgehead atoms. The van der Waals surface area contributed by atoms with Gasteiger partial charge in [0.05, 0.1) is 0 Å². The van der Waals surface area contributed by atoms with Gasteiger partial charge in [0.15, 0.2) is 0 Å². The van der Waals surface area contributed by atoms with Crippen molar-refractivity contribution < 1.29 is 5.48 Å². The molecule has 61 valence electrons. The lowest BCUT2D eigenvalue weighted by atomic mass is 10.2. The zero-order valence-electron chi connectivity index (χ0n) is 8.08. The summed E-state index contributed by atoms with van der Waals surface area (Å²) in [6, 6.07) is 0. The van der Waals surface area contributed by atoms with E-state index in [4.69, 9.17) is 0 Å². The number of hydrogen-bond donors (Lipinski definition) is 0. The van der Waals surface area contributed by atoms with Crippen LogP contribution >= 0.6 is 0 Å². The van der Waals surface area contributed by atoms with E-state index in [1.165, 1.54) is 0 Å². The van der Waals surface area contributed by atoms with Crippen LogP contribution in [-0.2, 0) is 0 Å². The molecule has 1 nitrogen and oxygen atoms in total.